The SMILES string of the molecule is c1ccc(-c2ccc(-c3ccc(N(c4ccccc4)c4ccc(-c5ccccc5-n5c6ccccc6c6cc(-c7ccccc7)ccc65)cc4)cc3)cc2)cc1. The van der Waals surface area contributed by atoms with E-state index in [1.54, 1.807) is 0 Å². The summed E-state index contributed by atoms with van der Waals surface area (Å²) in [5.74, 6) is 0. The van der Waals surface area contributed by atoms with Crippen molar-refractivity contribution >= 4 is 38.9 Å². The highest BCUT2D eigenvalue weighted by Crippen LogP contribution is 2.40. The van der Waals surface area contributed by atoms with E-state index in [0.29, 0.717) is 0 Å². The molecule has 2 nitrogen and oxygen atoms in total. The summed E-state index contributed by atoms with van der Waals surface area (Å²) in [6.45, 7) is 0. The maximum Gasteiger partial charge on any atom is 0.0541 e. The summed E-state index contributed by atoms with van der Waals surface area (Å²) in [5, 5.41) is 2.50. The Morgan fingerprint density at radius 2 is 0.679 bits per heavy atom. The Balaban J connectivity index is 1.00. The smallest absolute Gasteiger partial charge is 0.0541 e. The van der Waals surface area contributed by atoms with Crippen molar-refractivity contribution in [3.8, 4) is 50.2 Å². The molecule has 0 radical (unpaired) electrons. The van der Waals surface area contributed by atoms with E-state index >= 15 is 0 Å². The van der Waals surface area contributed by atoms with Gasteiger partial charge in [0.1, 0.15) is 0 Å². The van der Waals surface area contributed by atoms with E-state index in [0.717, 1.165) is 22.7 Å². The maximum absolute atomic E-state index is 2.43. The Hall–Kier alpha value is -7.42. The zero-order valence-electron chi connectivity index (χ0n) is 30.8. The largest absolute Gasteiger partial charge is 0.311 e. The zero-order chi connectivity index (χ0) is 37.3. The average molecular weight is 715 g/mol. The number of rotatable bonds is 8. The molecule has 1 heterocycles. The second kappa shape index (κ2) is 14.4. The molecule has 0 aliphatic carbocycles. The van der Waals surface area contributed by atoms with Crippen LogP contribution in [0.3, 0.4) is 0 Å². The molecule has 0 saturated heterocycles. The van der Waals surface area contributed by atoms with E-state index in [4.69, 9.17) is 0 Å². The van der Waals surface area contributed by atoms with Crippen molar-refractivity contribution in [2.24, 2.45) is 0 Å². The Bertz CT molecular complexity index is 2910. The van der Waals surface area contributed by atoms with Crippen molar-refractivity contribution in [1.82, 2.24) is 4.57 Å². The highest BCUT2D eigenvalue weighted by Gasteiger charge is 2.18. The molecule has 10 rings (SSSR count). The molecule has 264 valence electrons. The van der Waals surface area contributed by atoms with Gasteiger partial charge in [0.2, 0.25) is 0 Å². The Morgan fingerprint density at radius 1 is 0.268 bits per heavy atom. The molecule has 0 atom stereocenters. The molecule has 2 heteroatoms. The molecule has 0 spiro atoms. The lowest BCUT2D eigenvalue weighted by atomic mass is 10.00. The fourth-order valence-corrected chi connectivity index (χ4v) is 8.06. The number of hydrogen-bond acceptors (Lipinski definition) is 1. The summed E-state index contributed by atoms with van der Waals surface area (Å²) in [6.07, 6.45) is 0. The molecule has 0 saturated carbocycles. The number of nitrogens with zero attached hydrogens (tertiary/aromatic N) is 2. The minimum absolute atomic E-state index is 1.10. The third kappa shape index (κ3) is 6.14. The number of hydrogen-bond donors (Lipinski definition) is 0. The average Bonchev–Trinajstić information content (AvgIpc) is 3.61. The van der Waals surface area contributed by atoms with Crippen LogP contribution >= 0.6 is 0 Å². The van der Waals surface area contributed by atoms with Crippen LogP contribution in [0.5, 0.6) is 0 Å². The molecular weight excluding hydrogens is 677 g/mol. The van der Waals surface area contributed by atoms with Crippen LogP contribution in [0.25, 0.3) is 72.0 Å². The zero-order valence-corrected chi connectivity index (χ0v) is 30.8. The van der Waals surface area contributed by atoms with Gasteiger partial charge in [0.15, 0.2) is 0 Å². The summed E-state index contributed by atoms with van der Waals surface area (Å²) in [6, 6.07) is 82.9. The summed E-state index contributed by atoms with van der Waals surface area (Å²) in [4.78, 5) is 2.33. The molecule has 0 aliphatic heterocycles. The van der Waals surface area contributed by atoms with Gasteiger partial charge in [-0.3, -0.25) is 0 Å². The van der Waals surface area contributed by atoms with E-state index in [2.05, 4.69) is 240 Å². The summed E-state index contributed by atoms with van der Waals surface area (Å²) < 4.78 is 2.43. The second-order valence-corrected chi connectivity index (χ2v) is 14.2. The van der Waals surface area contributed by atoms with E-state index in [1.165, 1.54) is 66.3 Å². The Kier molecular flexibility index (Phi) is 8.55. The van der Waals surface area contributed by atoms with Crippen molar-refractivity contribution in [3.63, 3.8) is 0 Å². The highest BCUT2D eigenvalue weighted by atomic mass is 15.1. The van der Waals surface area contributed by atoms with Gasteiger partial charge in [0.25, 0.3) is 0 Å². The topological polar surface area (TPSA) is 8.17 Å². The number of benzene rings is 9. The Morgan fingerprint density at radius 3 is 1.30 bits per heavy atom. The van der Waals surface area contributed by atoms with Gasteiger partial charge in [-0.2, -0.15) is 0 Å². The van der Waals surface area contributed by atoms with Crippen LogP contribution in [0.1, 0.15) is 0 Å². The van der Waals surface area contributed by atoms with E-state index in [-0.39, 0.29) is 0 Å². The quantitative estimate of drug-likeness (QED) is 0.152. The maximum atomic E-state index is 2.43. The standard InChI is InChI=1S/C54H38N2/c1-4-14-39(15-5-1)41-24-26-42(27-25-41)43-28-33-47(34-29-43)55(46-18-8-3-9-19-46)48-35-30-44(31-36-48)49-20-10-12-22-52(49)56-53-23-13-11-21-50(53)51-38-45(32-37-54(51)56)40-16-6-2-7-17-40/h1-38H. The fourth-order valence-electron chi connectivity index (χ4n) is 8.06. The molecule has 10 aromatic rings. The second-order valence-electron chi connectivity index (χ2n) is 14.2. The minimum Gasteiger partial charge on any atom is -0.311 e. The van der Waals surface area contributed by atoms with Crippen molar-refractivity contribution < 1.29 is 0 Å². The van der Waals surface area contributed by atoms with Crippen LogP contribution in [-0.4, -0.2) is 4.57 Å². The first-order valence-corrected chi connectivity index (χ1v) is 19.2. The first-order chi connectivity index (χ1) is 27.8. The summed E-state index contributed by atoms with van der Waals surface area (Å²) in [5.41, 5.74) is 16.5. The van der Waals surface area contributed by atoms with Gasteiger partial charge in [0.05, 0.1) is 16.7 Å². The number of para-hydroxylation sites is 3. The summed E-state index contributed by atoms with van der Waals surface area (Å²) >= 11 is 0. The molecule has 9 aromatic carbocycles. The van der Waals surface area contributed by atoms with Gasteiger partial charge in [-0.15, -0.1) is 0 Å². The third-order valence-electron chi connectivity index (χ3n) is 10.8. The van der Waals surface area contributed by atoms with E-state index < -0.39 is 0 Å². The molecule has 0 N–H and O–H groups in total. The first-order valence-electron chi connectivity index (χ1n) is 19.2. The van der Waals surface area contributed by atoms with E-state index in [9.17, 15) is 0 Å². The number of aromatic nitrogens is 1. The van der Waals surface area contributed by atoms with Gasteiger partial charge in [-0.25, -0.2) is 0 Å². The predicted octanol–water partition coefficient (Wildman–Crippen LogP) is 14.9. The lowest BCUT2D eigenvalue weighted by Gasteiger charge is -2.26. The highest BCUT2D eigenvalue weighted by molar-refractivity contribution is 6.11. The molecule has 1 aromatic heterocycles. The van der Waals surface area contributed by atoms with E-state index in [1.807, 2.05) is 0 Å². The summed E-state index contributed by atoms with van der Waals surface area (Å²) in [7, 11) is 0. The van der Waals surface area contributed by atoms with Crippen molar-refractivity contribution in [3.05, 3.63) is 231 Å². The van der Waals surface area contributed by atoms with Crippen LogP contribution in [0.4, 0.5) is 17.1 Å². The fraction of sp³-hybridized carbons (Fsp3) is 0. The lowest BCUT2D eigenvalue weighted by Crippen LogP contribution is -2.09. The molecule has 0 amide bonds. The molecule has 56 heavy (non-hydrogen) atoms. The van der Waals surface area contributed by atoms with Crippen LogP contribution in [0.15, 0.2) is 231 Å². The molecule has 0 bridgehead atoms. The monoisotopic (exact) mass is 714 g/mol. The molecule has 0 unspecified atom stereocenters. The van der Waals surface area contributed by atoms with Gasteiger partial charge >= 0.3 is 0 Å². The molecular formula is C54H38N2. The number of anilines is 3. The van der Waals surface area contributed by atoms with Crippen LogP contribution in [0, 0.1) is 0 Å². The van der Waals surface area contributed by atoms with Gasteiger partial charge in [-0.05, 0) is 99.6 Å². The van der Waals surface area contributed by atoms with Crippen molar-refractivity contribution in [2.45, 2.75) is 0 Å². The minimum atomic E-state index is 1.10. The van der Waals surface area contributed by atoms with Gasteiger partial charge in [-0.1, -0.05) is 170 Å². The normalized spacial score (nSPS) is 11.2. The van der Waals surface area contributed by atoms with Gasteiger partial charge in [0, 0.05) is 33.4 Å². The van der Waals surface area contributed by atoms with Crippen molar-refractivity contribution in [2.75, 3.05) is 4.90 Å². The van der Waals surface area contributed by atoms with Gasteiger partial charge < -0.3 is 9.47 Å². The first kappa shape index (κ1) is 33.2. The number of fused-ring (bicyclic) bond motifs is 3. The molecule has 0 fully saturated rings. The third-order valence-corrected chi connectivity index (χ3v) is 10.8. The van der Waals surface area contributed by atoms with Crippen LogP contribution in [-0.2, 0) is 0 Å². The Labute approximate surface area is 327 Å². The molecule has 0 aliphatic rings. The van der Waals surface area contributed by atoms with Crippen molar-refractivity contribution in [1.29, 1.82) is 0 Å². The lowest BCUT2D eigenvalue weighted by molar-refractivity contribution is 1.18. The van der Waals surface area contributed by atoms with Crippen LogP contribution in [0.2, 0.25) is 0 Å². The van der Waals surface area contributed by atoms with Crippen LogP contribution < -0.4 is 4.90 Å². The predicted molar refractivity (Wildman–Crippen MR) is 237 cm³/mol.